The zero-order chi connectivity index (χ0) is 15.2. The van der Waals surface area contributed by atoms with Gasteiger partial charge in [0.1, 0.15) is 5.75 Å². The van der Waals surface area contributed by atoms with E-state index in [1.165, 1.54) is 6.07 Å². The van der Waals surface area contributed by atoms with Crippen LogP contribution in [-0.4, -0.2) is 11.5 Å². The van der Waals surface area contributed by atoms with E-state index in [1.807, 2.05) is 31.2 Å². The lowest BCUT2D eigenvalue weighted by atomic mass is 10.2. The van der Waals surface area contributed by atoms with Gasteiger partial charge in [-0.2, -0.15) is 0 Å². The van der Waals surface area contributed by atoms with Crippen molar-refractivity contribution >= 4 is 34.0 Å². The number of hydrogen-bond acceptors (Lipinski definition) is 4. The van der Waals surface area contributed by atoms with E-state index < -0.39 is 4.92 Å². The molecule has 0 unspecified atom stereocenters. The van der Waals surface area contributed by atoms with Gasteiger partial charge in [-0.25, -0.2) is 0 Å². The largest absolute Gasteiger partial charge is 0.494 e. The van der Waals surface area contributed by atoms with E-state index in [2.05, 4.69) is 27.9 Å². The predicted molar refractivity (Wildman–Crippen MR) is 90.8 cm³/mol. The summed E-state index contributed by atoms with van der Waals surface area (Å²) < 4.78 is 6.28. The number of nitrogens with one attached hydrogen (secondary N) is 1. The minimum absolute atomic E-state index is 0.100. The molecule has 0 aromatic heterocycles. The maximum absolute atomic E-state index is 10.7. The van der Waals surface area contributed by atoms with Gasteiger partial charge in [0.2, 0.25) is 0 Å². The SMILES string of the molecule is CCOc1cccc(CNc2ccc([N+](=O)[O-])cc2I)c1. The Kier molecular flexibility index (Phi) is 5.38. The topological polar surface area (TPSA) is 64.4 Å². The van der Waals surface area contributed by atoms with Gasteiger partial charge in [-0.3, -0.25) is 10.1 Å². The molecule has 0 saturated carbocycles. The fourth-order valence-corrected chi connectivity index (χ4v) is 2.56. The van der Waals surface area contributed by atoms with E-state index in [9.17, 15) is 10.1 Å². The fraction of sp³-hybridized carbons (Fsp3) is 0.200. The number of hydrogen-bond donors (Lipinski definition) is 1. The second-order valence-electron chi connectivity index (χ2n) is 4.36. The Balaban J connectivity index is 2.06. The Morgan fingerprint density at radius 1 is 1.29 bits per heavy atom. The van der Waals surface area contributed by atoms with Crippen LogP contribution in [0.1, 0.15) is 12.5 Å². The van der Waals surface area contributed by atoms with E-state index in [0.29, 0.717) is 13.2 Å². The molecule has 1 N–H and O–H groups in total. The number of non-ortho nitro benzene ring substituents is 1. The maximum atomic E-state index is 10.7. The summed E-state index contributed by atoms with van der Waals surface area (Å²) in [5, 5.41) is 14.0. The van der Waals surface area contributed by atoms with E-state index in [-0.39, 0.29) is 5.69 Å². The van der Waals surface area contributed by atoms with Gasteiger partial charge < -0.3 is 10.1 Å². The number of ether oxygens (including phenoxy) is 1. The minimum atomic E-state index is -0.391. The molecule has 6 heteroatoms. The summed E-state index contributed by atoms with van der Waals surface area (Å²) in [4.78, 5) is 10.3. The van der Waals surface area contributed by atoms with E-state index in [4.69, 9.17) is 4.74 Å². The zero-order valence-corrected chi connectivity index (χ0v) is 13.7. The van der Waals surface area contributed by atoms with Crippen molar-refractivity contribution in [1.29, 1.82) is 0 Å². The van der Waals surface area contributed by atoms with Crippen molar-refractivity contribution in [2.45, 2.75) is 13.5 Å². The van der Waals surface area contributed by atoms with Gasteiger partial charge in [0.25, 0.3) is 5.69 Å². The Labute approximate surface area is 136 Å². The number of benzene rings is 2. The van der Waals surface area contributed by atoms with E-state index >= 15 is 0 Å². The zero-order valence-electron chi connectivity index (χ0n) is 11.5. The summed E-state index contributed by atoms with van der Waals surface area (Å²) in [5.41, 5.74) is 2.07. The lowest BCUT2D eigenvalue weighted by Crippen LogP contribution is -2.02. The summed E-state index contributed by atoms with van der Waals surface area (Å²) >= 11 is 2.09. The summed E-state index contributed by atoms with van der Waals surface area (Å²) in [6.45, 7) is 3.22. The van der Waals surface area contributed by atoms with Crippen LogP contribution < -0.4 is 10.1 Å². The van der Waals surface area contributed by atoms with Crippen molar-refractivity contribution in [3.63, 3.8) is 0 Å². The van der Waals surface area contributed by atoms with E-state index in [0.717, 1.165) is 20.6 Å². The molecule has 0 atom stereocenters. The smallest absolute Gasteiger partial charge is 0.270 e. The summed E-state index contributed by atoms with van der Waals surface area (Å²) in [5.74, 6) is 0.843. The number of nitro groups is 1. The van der Waals surface area contributed by atoms with Crippen LogP contribution in [0.15, 0.2) is 42.5 Å². The normalized spacial score (nSPS) is 10.2. The van der Waals surface area contributed by atoms with Crippen LogP contribution in [0.2, 0.25) is 0 Å². The molecule has 0 spiro atoms. The first-order valence-corrected chi connectivity index (χ1v) is 7.57. The average molecular weight is 398 g/mol. The summed E-state index contributed by atoms with van der Waals surface area (Å²) in [6.07, 6.45) is 0. The third kappa shape index (κ3) is 4.32. The molecule has 21 heavy (non-hydrogen) atoms. The first-order chi connectivity index (χ1) is 10.1. The molecule has 2 aromatic rings. The Bertz CT molecular complexity index is 647. The molecule has 0 heterocycles. The lowest BCUT2D eigenvalue weighted by molar-refractivity contribution is -0.384. The molecule has 0 radical (unpaired) electrons. The lowest BCUT2D eigenvalue weighted by Gasteiger charge is -2.10. The standard InChI is InChI=1S/C15H15IN2O3/c1-2-21-13-5-3-4-11(8-13)10-17-15-7-6-12(18(19)20)9-14(15)16/h3-9,17H,2,10H2,1H3. The summed E-state index contributed by atoms with van der Waals surface area (Å²) in [7, 11) is 0. The second-order valence-corrected chi connectivity index (χ2v) is 5.52. The van der Waals surface area contributed by atoms with Crippen LogP contribution in [0.3, 0.4) is 0 Å². The Morgan fingerprint density at radius 2 is 2.10 bits per heavy atom. The highest BCUT2D eigenvalue weighted by Crippen LogP contribution is 2.24. The minimum Gasteiger partial charge on any atom is -0.494 e. The van der Waals surface area contributed by atoms with Crippen molar-refractivity contribution in [2.75, 3.05) is 11.9 Å². The first kappa shape index (κ1) is 15.6. The highest BCUT2D eigenvalue weighted by atomic mass is 127. The maximum Gasteiger partial charge on any atom is 0.270 e. The van der Waals surface area contributed by atoms with Crippen molar-refractivity contribution in [3.05, 3.63) is 61.7 Å². The molecule has 0 fully saturated rings. The van der Waals surface area contributed by atoms with Gasteiger partial charge >= 0.3 is 0 Å². The van der Waals surface area contributed by atoms with Crippen LogP contribution in [0.5, 0.6) is 5.75 Å². The molecule has 0 bridgehead atoms. The monoisotopic (exact) mass is 398 g/mol. The van der Waals surface area contributed by atoms with Gasteiger partial charge in [-0.15, -0.1) is 0 Å². The molecule has 0 aliphatic rings. The van der Waals surface area contributed by atoms with Crippen molar-refractivity contribution < 1.29 is 9.66 Å². The molecule has 5 nitrogen and oxygen atoms in total. The molecule has 110 valence electrons. The van der Waals surface area contributed by atoms with Crippen LogP contribution >= 0.6 is 22.6 Å². The Hall–Kier alpha value is -1.83. The van der Waals surface area contributed by atoms with Crippen molar-refractivity contribution in [1.82, 2.24) is 0 Å². The average Bonchev–Trinajstić information content (AvgIpc) is 2.46. The molecule has 2 aromatic carbocycles. The van der Waals surface area contributed by atoms with Gasteiger partial charge in [0, 0.05) is 27.9 Å². The number of nitro benzene ring substituents is 1. The highest BCUT2D eigenvalue weighted by molar-refractivity contribution is 14.1. The summed E-state index contributed by atoms with van der Waals surface area (Å²) in [6, 6.07) is 12.6. The van der Waals surface area contributed by atoms with Crippen LogP contribution in [0.4, 0.5) is 11.4 Å². The van der Waals surface area contributed by atoms with Gasteiger partial charge in [0.15, 0.2) is 0 Å². The predicted octanol–water partition coefficient (Wildman–Crippen LogP) is 4.21. The number of anilines is 1. The first-order valence-electron chi connectivity index (χ1n) is 6.49. The van der Waals surface area contributed by atoms with E-state index in [1.54, 1.807) is 12.1 Å². The van der Waals surface area contributed by atoms with Gasteiger partial charge in [-0.1, -0.05) is 12.1 Å². The van der Waals surface area contributed by atoms with Crippen molar-refractivity contribution in [3.8, 4) is 5.75 Å². The molecule has 0 aliphatic carbocycles. The third-order valence-corrected chi connectivity index (χ3v) is 3.75. The molecule has 0 amide bonds. The molecule has 0 saturated heterocycles. The Morgan fingerprint density at radius 3 is 2.76 bits per heavy atom. The second kappa shape index (κ2) is 7.26. The molecule has 0 aliphatic heterocycles. The van der Waals surface area contributed by atoms with Crippen LogP contribution in [0, 0.1) is 13.7 Å². The van der Waals surface area contributed by atoms with Gasteiger partial charge in [-0.05, 0) is 53.3 Å². The molecule has 2 rings (SSSR count). The molecular formula is C15H15IN2O3. The number of nitrogens with zero attached hydrogens (tertiary/aromatic N) is 1. The van der Waals surface area contributed by atoms with Crippen molar-refractivity contribution in [2.24, 2.45) is 0 Å². The highest BCUT2D eigenvalue weighted by Gasteiger charge is 2.08. The quantitative estimate of drug-likeness (QED) is 0.450. The van der Waals surface area contributed by atoms with Crippen LogP contribution in [0.25, 0.3) is 0 Å². The number of rotatable bonds is 6. The fourth-order valence-electron chi connectivity index (χ4n) is 1.87. The molecular weight excluding hydrogens is 383 g/mol. The van der Waals surface area contributed by atoms with Crippen LogP contribution in [-0.2, 0) is 6.54 Å². The van der Waals surface area contributed by atoms with Gasteiger partial charge in [0.05, 0.1) is 11.5 Å². The third-order valence-electron chi connectivity index (χ3n) is 2.86. The number of halogens is 1.